The van der Waals surface area contributed by atoms with Gasteiger partial charge >= 0.3 is 0 Å². The van der Waals surface area contributed by atoms with Crippen LogP contribution < -0.4 is 40.2 Å². The Balaban J connectivity index is 1.62. The first-order valence-electron chi connectivity index (χ1n) is 17.6. The average molecular weight is 731 g/mol. The first-order valence-corrected chi connectivity index (χ1v) is 20.7. The first-order chi connectivity index (χ1) is 24.1. The van der Waals surface area contributed by atoms with Crippen LogP contribution in [0.25, 0.3) is 0 Å². The number of hydrogen-bond donors (Lipinski definition) is 0. The highest BCUT2D eigenvalue weighted by Crippen LogP contribution is 2.47. The molecule has 2 atom stereocenters. The van der Waals surface area contributed by atoms with E-state index in [1.807, 2.05) is 0 Å². The van der Waals surface area contributed by atoms with Crippen molar-refractivity contribution in [3.05, 3.63) is 93.0 Å². The van der Waals surface area contributed by atoms with Gasteiger partial charge in [0.25, 0.3) is 0 Å². The van der Waals surface area contributed by atoms with E-state index in [1.165, 1.54) is 21.2 Å². The molecule has 1 unspecified atom stereocenters. The number of hydrogen-bond acceptors (Lipinski definition) is 6. The highest BCUT2D eigenvalue weighted by atomic mass is 31.1. The van der Waals surface area contributed by atoms with E-state index in [0.717, 1.165) is 79.8 Å². The molecule has 0 N–H and O–H groups in total. The molecule has 0 spiro atoms. The molecule has 6 nitrogen and oxygen atoms in total. The predicted octanol–water partition coefficient (Wildman–Crippen LogP) is 8.27. The molecular weight excluding hydrogens is 674 g/mol. The van der Waals surface area contributed by atoms with Crippen LogP contribution in [0.4, 0.5) is 0 Å². The van der Waals surface area contributed by atoms with Gasteiger partial charge in [-0.3, -0.25) is 0 Å². The highest BCUT2D eigenvalue weighted by Gasteiger charge is 2.44. The second-order valence-corrected chi connectivity index (χ2v) is 18.9. The Morgan fingerprint density at radius 2 is 0.627 bits per heavy atom. The summed E-state index contributed by atoms with van der Waals surface area (Å²) in [6.07, 6.45) is 1.40. The van der Waals surface area contributed by atoms with Crippen molar-refractivity contribution < 1.29 is 28.4 Å². The molecule has 1 heterocycles. The Morgan fingerprint density at radius 3 is 0.804 bits per heavy atom. The molecule has 1 fully saturated rings. The summed E-state index contributed by atoms with van der Waals surface area (Å²) in [5.74, 6) is 3.05. The second-order valence-electron chi connectivity index (χ2n) is 14.4. The maximum absolute atomic E-state index is 6.90. The molecule has 0 bridgehead atoms. The van der Waals surface area contributed by atoms with Crippen molar-refractivity contribution in [1.29, 1.82) is 0 Å². The molecule has 5 rings (SSSR count). The van der Waals surface area contributed by atoms with E-state index in [0.29, 0.717) is 0 Å². The normalized spacial score (nSPS) is 16.9. The zero-order valence-electron chi connectivity index (χ0n) is 33.0. The summed E-state index contributed by atoms with van der Waals surface area (Å²) < 4.78 is 36.9. The third-order valence-electron chi connectivity index (χ3n) is 9.85. The van der Waals surface area contributed by atoms with Crippen molar-refractivity contribution in [3.8, 4) is 23.0 Å². The minimum atomic E-state index is -0.839. The van der Waals surface area contributed by atoms with Gasteiger partial charge in [-0.2, -0.15) is 0 Å². The van der Waals surface area contributed by atoms with Crippen LogP contribution in [-0.4, -0.2) is 58.8 Å². The van der Waals surface area contributed by atoms with Gasteiger partial charge in [0, 0.05) is 12.3 Å². The molecule has 8 heteroatoms. The molecule has 0 radical (unpaired) electrons. The molecule has 0 saturated carbocycles. The first kappa shape index (κ1) is 39.1. The van der Waals surface area contributed by atoms with Gasteiger partial charge in [-0.05, 0) is 199 Å². The summed E-state index contributed by atoms with van der Waals surface area (Å²) in [5.41, 5.74) is 9.12. The monoisotopic (exact) mass is 730 g/mol. The molecule has 51 heavy (non-hydrogen) atoms. The van der Waals surface area contributed by atoms with Crippen molar-refractivity contribution in [3.63, 3.8) is 0 Å². The van der Waals surface area contributed by atoms with Gasteiger partial charge < -0.3 is 28.4 Å². The number of methoxy groups -OCH3 is 4. The van der Waals surface area contributed by atoms with E-state index in [-0.39, 0.29) is 12.2 Å². The smallest absolute Gasteiger partial charge is 0.163 e. The molecule has 4 aromatic carbocycles. The van der Waals surface area contributed by atoms with Crippen LogP contribution in [0.15, 0.2) is 48.5 Å². The van der Waals surface area contributed by atoms with Crippen LogP contribution in [0.5, 0.6) is 23.0 Å². The zero-order valence-corrected chi connectivity index (χ0v) is 34.8. The predicted molar refractivity (Wildman–Crippen MR) is 216 cm³/mol. The van der Waals surface area contributed by atoms with E-state index < -0.39 is 21.6 Å². The molecule has 1 aliphatic rings. The minimum Gasteiger partial charge on any atom is -0.496 e. The van der Waals surface area contributed by atoms with E-state index >= 15 is 0 Å². The third-order valence-corrected chi connectivity index (χ3v) is 14.8. The van der Waals surface area contributed by atoms with Crippen molar-refractivity contribution in [2.75, 3.05) is 40.8 Å². The Kier molecular flexibility index (Phi) is 12.1. The quantitative estimate of drug-likeness (QED) is 0.137. The fourth-order valence-corrected chi connectivity index (χ4v) is 13.5. The van der Waals surface area contributed by atoms with Gasteiger partial charge in [0.15, 0.2) is 5.79 Å². The van der Waals surface area contributed by atoms with Crippen LogP contribution in [0.3, 0.4) is 0 Å². The van der Waals surface area contributed by atoms with Crippen LogP contribution in [0, 0.1) is 55.4 Å². The molecule has 274 valence electrons. The molecule has 4 aromatic rings. The molecular formula is C43H56O6P2. The van der Waals surface area contributed by atoms with Crippen molar-refractivity contribution in [2.24, 2.45) is 0 Å². The maximum atomic E-state index is 6.90. The Hall–Kier alpha value is -3.14. The largest absolute Gasteiger partial charge is 0.496 e. The molecule has 0 aromatic heterocycles. The highest BCUT2D eigenvalue weighted by molar-refractivity contribution is 7.73. The topological polar surface area (TPSA) is 55.4 Å². The summed E-state index contributed by atoms with van der Waals surface area (Å²) in [7, 11) is 5.32. The van der Waals surface area contributed by atoms with Gasteiger partial charge in [-0.1, -0.05) is 0 Å². The number of benzene rings is 4. The van der Waals surface area contributed by atoms with Crippen molar-refractivity contribution >= 4 is 37.1 Å². The number of aryl methyl sites for hydroxylation is 8. The number of ether oxygens (including phenoxy) is 6. The van der Waals surface area contributed by atoms with Gasteiger partial charge in [-0.15, -0.1) is 0 Å². The lowest BCUT2D eigenvalue weighted by atomic mass is 10.1. The van der Waals surface area contributed by atoms with Gasteiger partial charge in [-0.25, -0.2) is 0 Å². The Bertz CT molecular complexity index is 1550. The number of rotatable bonds is 12. The van der Waals surface area contributed by atoms with E-state index in [1.54, 1.807) is 28.4 Å². The summed E-state index contributed by atoms with van der Waals surface area (Å²) in [4.78, 5) is 0. The van der Waals surface area contributed by atoms with Crippen molar-refractivity contribution in [2.45, 2.75) is 87.2 Å². The third kappa shape index (κ3) is 8.26. The minimum absolute atomic E-state index is 0.123. The van der Waals surface area contributed by atoms with E-state index in [2.05, 4.69) is 118 Å². The Morgan fingerprint density at radius 1 is 0.431 bits per heavy atom. The Labute approximate surface area is 308 Å². The van der Waals surface area contributed by atoms with Gasteiger partial charge in [0.05, 0.1) is 40.6 Å². The van der Waals surface area contributed by atoms with Crippen LogP contribution in [-0.2, 0) is 9.47 Å². The van der Waals surface area contributed by atoms with Crippen LogP contribution in [0.2, 0.25) is 0 Å². The van der Waals surface area contributed by atoms with Gasteiger partial charge in [0.2, 0.25) is 0 Å². The van der Waals surface area contributed by atoms with Crippen LogP contribution >= 0.6 is 15.8 Å². The lowest BCUT2D eigenvalue weighted by Crippen LogP contribution is -2.34. The summed E-state index contributed by atoms with van der Waals surface area (Å²) in [6.45, 7) is 21.2. The fourth-order valence-electron chi connectivity index (χ4n) is 7.92. The van der Waals surface area contributed by atoms with Crippen LogP contribution in [0.1, 0.15) is 58.4 Å². The lowest BCUT2D eigenvalue weighted by Gasteiger charge is -2.29. The molecule has 1 saturated heterocycles. The SMILES string of the molecule is COc1c(C)cc(P(CC2OC(C)(C)O[C@H]2CP(c2cc(C)c(OC)c(C)c2)c2cc(C)c(OC)c(C)c2)c2cc(C)c(OC)c(C)c2)cc1C. The second kappa shape index (κ2) is 15.8. The molecule has 0 amide bonds. The van der Waals surface area contributed by atoms with E-state index in [9.17, 15) is 0 Å². The summed E-state index contributed by atoms with van der Waals surface area (Å²) >= 11 is 0. The van der Waals surface area contributed by atoms with E-state index in [4.69, 9.17) is 28.4 Å². The fraction of sp³-hybridized carbons (Fsp3) is 0.442. The summed E-state index contributed by atoms with van der Waals surface area (Å²) in [6, 6.07) is 18.5. The molecule has 1 aliphatic heterocycles. The maximum Gasteiger partial charge on any atom is 0.163 e. The average Bonchev–Trinajstić information content (AvgIpc) is 3.34. The summed E-state index contributed by atoms with van der Waals surface area (Å²) in [5, 5.41) is 5.23. The standard InChI is InChI=1S/C43H56O6P2/c1-25-15-33(16-26(2)39(25)44-11)50(34-17-27(3)40(45-12)28(4)18-34)23-37-38(49-43(9,10)48-37)24-51(35-19-29(5)41(46-13)30(6)20-35)36-21-31(7)42(47-14)32(8)22-36/h15-22,37-38H,23-24H2,1-14H3/t37-,38?/m0/s1. The lowest BCUT2D eigenvalue weighted by molar-refractivity contribution is -0.142. The van der Waals surface area contributed by atoms with Gasteiger partial charge in [0.1, 0.15) is 23.0 Å². The van der Waals surface area contributed by atoms with Crippen molar-refractivity contribution in [1.82, 2.24) is 0 Å². The zero-order chi connectivity index (χ0) is 37.4. The molecule has 0 aliphatic carbocycles.